The van der Waals surface area contributed by atoms with E-state index in [0.29, 0.717) is 19.0 Å². The van der Waals surface area contributed by atoms with Gasteiger partial charge in [0.1, 0.15) is 6.54 Å². The molecule has 1 aromatic rings. The summed E-state index contributed by atoms with van der Waals surface area (Å²) in [7, 11) is 3.49. The van der Waals surface area contributed by atoms with Crippen LogP contribution < -0.4 is 10.6 Å². The monoisotopic (exact) mass is 516 g/mol. The third-order valence-corrected chi connectivity index (χ3v) is 5.23. The summed E-state index contributed by atoms with van der Waals surface area (Å²) < 4.78 is 5.68. The number of aryl methyl sites for hydroxylation is 1. The van der Waals surface area contributed by atoms with E-state index < -0.39 is 0 Å². The van der Waals surface area contributed by atoms with E-state index in [2.05, 4.69) is 60.7 Å². The highest BCUT2D eigenvalue weighted by Crippen LogP contribution is 2.22. The molecule has 2 rings (SSSR count). The lowest BCUT2D eigenvalue weighted by Gasteiger charge is -2.27. The molecule has 0 bridgehead atoms. The molecule has 1 unspecified atom stereocenters. The maximum Gasteiger partial charge on any atom is 0.243 e. The number of nitrogens with zero attached hydrogens (tertiary/aromatic N) is 2. The lowest BCUT2D eigenvalue weighted by molar-refractivity contribution is -0.127. The Morgan fingerprint density at radius 3 is 2.48 bits per heavy atom. The molecule has 1 fully saturated rings. The molecule has 164 valence electrons. The van der Waals surface area contributed by atoms with Crippen LogP contribution in [0.5, 0.6) is 0 Å². The van der Waals surface area contributed by atoms with Crippen LogP contribution in [0.3, 0.4) is 0 Å². The summed E-state index contributed by atoms with van der Waals surface area (Å²) in [4.78, 5) is 18.0. The van der Waals surface area contributed by atoms with Crippen molar-refractivity contribution in [1.82, 2.24) is 15.5 Å². The first kappa shape index (κ1) is 25.7. The number of amides is 1. The van der Waals surface area contributed by atoms with Gasteiger partial charge in [-0.3, -0.25) is 4.79 Å². The van der Waals surface area contributed by atoms with Crippen molar-refractivity contribution in [3.05, 3.63) is 35.4 Å². The molecule has 0 aliphatic carbocycles. The second-order valence-corrected chi connectivity index (χ2v) is 8.26. The molecule has 1 heterocycles. The maximum absolute atomic E-state index is 11.9. The number of hydrogen-bond donors (Lipinski definition) is 2. The molecule has 7 heteroatoms. The fourth-order valence-corrected chi connectivity index (χ4v) is 3.08. The van der Waals surface area contributed by atoms with E-state index in [-0.39, 0.29) is 47.9 Å². The second-order valence-electron chi connectivity index (χ2n) is 8.26. The molecule has 0 aromatic heterocycles. The highest BCUT2D eigenvalue weighted by molar-refractivity contribution is 14.0. The van der Waals surface area contributed by atoms with Crippen LogP contribution in [-0.2, 0) is 21.4 Å². The van der Waals surface area contributed by atoms with Crippen molar-refractivity contribution in [1.29, 1.82) is 0 Å². The van der Waals surface area contributed by atoms with E-state index in [1.807, 2.05) is 0 Å². The SMILES string of the molecule is CCc1ccc(C(C)(C)CNC(=NCC(=O)N(C)C)NCC2CCCO2)cc1.I. The zero-order valence-electron chi connectivity index (χ0n) is 18.5. The van der Waals surface area contributed by atoms with Gasteiger partial charge in [0, 0.05) is 39.2 Å². The molecule has 29 heavy (non-hydrogen) atoms. The normalized spacial score (nSPS) is 16.9. The molecule has 0 radical (unpaired) electrons. The molecule has 1 aliphatic rings. The van der Waals surface area contributed by atoms with Gasteiger partial charge in [-0.25, -0.2) is 4.99 Å². The van der Waals surface area contributed by atoms with Crippen LogP contribution in [-0.4, -0.2) is 63.2 Å². The molecule has 1 aliphatic heterocycles. The molecular weight excluding hydrogens is 479 g/mol. The molecule has 1 saturated heterocycles. The van der Waals surface area contributed by atoms with Gasteiger partial charge in [-0.1, -0.05) is 45.0 Å². The number of carbonyl (C=O) groups is 1. The molecule has 6 nitrogen and oxygen atoms in total. The third kappa shape index (κ3) is 8.50. The minimum Gasteiger partial charge on any atom is -0.376 e. The van der Waals surface area contributed by atoms with E-state index >= 15 is 0 Å². The summed E-state index contributed by atoms with van der Waals surface area (Å²) in [6, 6.07) is 8.79. The third-order valence-electron chi connectivity index (χ3n) is 5.23. The van der Waals surface area contributed by atoms with Gasteiger partial charge >= 0.3 is 0 Å². The van der Waals surface area contributed by atoms with Crippen LogP contribution in [0.1, 0.15) is 44.7 Å². The first-order valence-electron chi connectivity index (χ1n) is 10.2. The second kappa shape index (κ2) is 12.4. The van der Waals surface area contributed by atoms with Gasteiger partial charge in [-0.2, -0.15) is 0 Å². The highest BCUT2D eigenvalue weighted by Gasteiger charge is 2.22. The average molecular weight is 516 g/mol. The van der Waals surface area contributed by atoms with E-state index in [1.165, 1.54) is 11.1 Å². The van der Waals surface area contributed by atoms with Crippen molar-refractivity contribution in [2.45, 2.75) is 51.6 Å². The van der Waals surface area contributed by atoms with Crippen LogP contribution >= 0.6 is 24.0 Å². The standard InChI is InChI=1S/C22H36N4O2.HI/c1-6-17-9-11-18(12-10-17)22(2,3)16-25-21(24-15-20(27)26(4)5)23-14-19-8-7-13-28-19;/h9-12,19H,6-8,13-16H2,1-5H3,(H2,23,24,25);1H. The summed E-state index contributed by atoms with van der Waals surface area (Å²) in [5.41, 5.74) is 2.56. The van der Waals surface area contributed by atoms with Crippen LogP contribution in [0.15, 0.2) is 29.3 Å². The summed E-state index contributed by atoms with van der Waals surface area (Å²) in [5.74, 6) is 0.636. The van der Waals surface area contributed by atoms with Gasteiger partial charge in [0.05, 0.1) is 6.10 Å². The van der Waals surface area contributed by atoms with Gasteiger partial charge in [0.15, 0.2) is 5.96 Å². The first-order chi connectivity index (χ1) is 13.3. The number of halogens is 1. The average Bonchev–Trinajstić information content (AvgIpc) is 3.20. The van der Waals surface area contributed by atoms with E-state index in [0.717, 1.165) is 25.9 Å². The van der Waals surface area contributed by atoms with E-state index in [1.54, 1.807) is 19.0 Å². The summed E-state index contributed by atoms with van der Waals surface area (Å²) >= 11 is 0. The maximum atomic E-state index is 11.9. The zero-order valence-corrected chi connectivity index (χ0v) is 20.8. The summed E-state index contributed by atoms with van der Waals surface area (Å²) in [6.07, 6.45) is 3.42. The molecule has 1 atom stereocenters. The lowest BCUT2D eigenvalue weighted by Crippen LogP contribution is -2.46. The van der Waals surface area contributed by atoms with Crippen molar-refractivity contribution in [2.75, 3.05) is 40.3 Å². The highest BCUT2D eigenvalue weighted by atomic mass is 127. The number of guanidine groups is 1. The van der Waals surface area contributed by atoms with Gasteiger partial charge in [0.25, 0.3) is 0 Å². The Labute approximate surface area is 192 Å². The smallest absolute Gasteiger partial charge is 0.243 e. The molecular formula is C22H37IN4O2. The number of aliphatic imine (C=N–C) groups is 1. The number of hydrogen-bond acceptors (Lipinski definition) is 3. The Kier molecular flexibility index (Phi) is 11.0. The minimum absolute atomic E-state index is 0. The number of rotatable bonds is 8. The first-order valence-corrected chi connectivity index (χ1v) is 10.2. The molecule has 1 amide bonds. The number of nitrogens with one attached hydrogen (secondary N) is 2. The topological polar surface area (TPSA) is 66.0 Å². The van der Waals surface area contributed by atoms with Crippen molar-refractivity contribution < 1.29 is 9.53 Å². The van der Waals surface area contributed by atoms with E-state index in [4.69, 9.17) is 4.74 Å². The molecule has 0 spiro atoms. The van der Waals surface area contributed by atoms with Crippen LogP contribution in [0.25, 0.3) is 0 Å². The van der Waals surface area contributed by atoms with Crippen molar-refractivity contribution in [2.24, 2.45) is 4.99 Å². The van der Waals surface area contributed by atoms with Gasteiger partial charge in [-0.05, 0) is 30.4 Å². The zero-order chi connectivity index (χ0) is 20.6. The van der Waals surface area contributed by atoms with Gasteiger partial charge in [0.2, 0.25) is 5.91 Å². The molecule has 2 N–H and O–H groups in total. The fourth-order valence-electron chi connectivity index (χ4n) is 3.08. The van der Waals surface area contributed by atoms with Crippen molar-refractivity contribution in [3.8, 4) is 0 Å². The van der Waals surface area contributed by atoms with Crippen LogP contribution in [0, 0.1) is 0 Å². The van der Waals surface area contributed by atoms with Crippen molar-refractivity contribution in [3.63, 3.8) is 0 Å². The number of likely N-dealkylation sites (N-methyl/N-ethyl adjacent to an activating group) is 1. The lowest BCUT2D eigenvalue weighted by atomic mass is 9.84. The summed E-state index contributed by atoms with van der Waals surface area (Å²) in [5, 5.41) is 6.76. The fraction of sp³-hybridized carbons (Fsp3) is 0.636. The minimum atomic E-state index is -0.0653. The quantitative estimate of drug-likeness (QED) is 0.317. The van der Waals surface area contributed by atoms with Crippen molar-refractivity contribution >= 4 is 35.8 Å². The largest absolute Gasteiger partial charge is 0.376 e. The number of carbonyl (C=O) groups excluding carboxylic acids is 1. The predicted octanol–water partition coefficient (Wildman–Crippen LogP) is 2.95. The van der Waals surface area contributed by atoms with E-state index in [9.17, 15) is 4.79 Å². The number of ether oxygens (including phenoxy) is 1. The Morgan fingerprint density at radius 2 is 1.93 bits per heavy atom. The van der Waals surface area contributed by atoms with Gasteiger partial charge in [-0.15, -0.1) is 24.0 Å². The Hall–Kier alpha value is -1.35. The van der Waals surface area contributed by atoms with Crippen LogP contribution in [0.4, 0.5) is 0 Å². The summed E-state index contributed by atoms with van der Waals surface area (Å²) in [6.45, 7) is 8.96. The molecule has 0 saturated carbocycles. The Morgan fingerprint density at radius 1 is 1.24 bits per heavy atom. The predicted molar refractivity (Wildman–Crippen MR) is 130 cm³/mol. The number of benzene rings is 1. The Balaban J connectivity index is 0.00000420. The molecule has 1 aromatic carbocycles. The van der Waals surface area contributed by atoms with Crippen LogP contribution in [0.2, 0.25) is 0 Å². The Bertz CT molecular complexity index is 653. The van der Waals surface area contributed by atoms with Gasteiger partial charge < -0.3 is 20.3 Å².